The minimum absolute atomic E-state index is 0.180. The van der Waals surface area contributed by atoms with E-state index < -0.39 is 0 Å². The van der Waals surface area contributed by atoms with Gasteiger partial charge in [0, 0.05) is 5.54 Å². The van der Waals surface area contributed by atoms with Gasteiger partial charge in [-0.05, 0) is 37.0 Å². The van der Waals surface area contributed by atoms with Crippen LogP contribution in [0.3, 0.4) is 0 Å². The third kappa shape index (κ3) is 1.92. The van der Waals surface area contributed by atoms with E-state index >= 15 is 0 Å². The Kier molecular flexibility index (Phi) is 3.13. The lowest BCUT2D eigenvalue weighted by atomic mass is 9.88. The van der Waals surface area contributed by atoms with Crippen molar-refractivity contribution in [2.24, 2.45) is 5.73 Å². The molecule has 0 amide bonds. The lowest BCUT2D eigenvalue weighted by molar-refractivity contribution is 0.409. The Labute approximate surface area is 102 Å². The largest absolute Gasteiger partial charge is 0.495 e. The zero-order valence-corrected chi connectivity index (χ0v) is 10.6. The molecule has 1 fully saturated rings. The van der Waals surface area contributed by atoms with Gasteiger partial charge in [0.1, 0.15) is 5.75 Å². The van der Waals surface area contributed by atoms with E-state index in [4.69, 9.17) is 22.1 Å². The highest BCUT2D eigenvalue weighted by molar-refractivity contribution is 6.32. The van der Waals surface area contributed by atoms with Crippen LogP contribution < -0.4 is 10.5 Å². The van der Waals surface area contributed by atoms with Crippen molar-refractivity contribution in [1.29, 1.82) is 0 Å². The number of nitrogens with two attached hydrogens (primary N) is 1. The van der Waals surface area contributed by atoms with Crippen molar-refractivity contribution < 1.29 is 4.74 Å². The molecule has 88 valence electrons. The average molecular weight is 240 g/mol. The first-order valence-corrected chi connectivity index (χ1v) is 6.08. The predicted octanol–water partition coefficient (Wildman–Crippen LogP) is 3.39. The second-order valence-corrected chi connectivity index (χ2v) is 5.08. The van der Waals surface area contributed by atoms with E-state index in [0.717, 1.165) is 29.7 Å². The smallest absolute Gasteiger partial charge is 0.140 e. The number of aryl methyl sites for hydroxylation is 1. The van der Waals surface area contributed by atoms with Gasteiger partial charge in [0.25, 0.3) is 0 Å². The van der Waals surface area contributed by atoms with Crippen LogP contribution in [0.5, 0.6) is 5.75 Å². The fourth-order valence-corrected chi connectivity index (χ4v) is 2.92. The molecular weight excluding hydrogens is 222 g/mol. The molecule has 2 rings (SSSR count). The molecule has 0 heterocycles. The van der Waals surface area contributed by atoms with Crippen molar-refractivity contribution in [2.45, 2.75) is 38.1 Å². The van der Waals surface area contributed by atoms with Gasteiger partial charge in [0.2, 0.25) is 0 Å². The molecule has 0 aromatic heterocycles. The number of hydrogen-bond acceptors (Lipinski definition) is 2. The third-order valence-corrected chi connectivity index (χ3v) is 3.78. The number of rotatable bonds is 2. The van der Waals surface area contributed by atoms with Gasteiger partial charge in [-0.2, -0.15) is 0 Å². The minimum atomic E-state index is -0.180. The van der Waals surface area contributed by atoms with Gasteiger partial charge in [-0.15, -0.1) is 0 Å². The number of ether oxygens (including phenoxy) is 1. The van der Waals surface area contributed by atoms with Crippen LogP contribution in [0.1, 0.15) is 36.8 Å². The molecule has 0 spiro atoms. The van der Waals surface area contributed by atoms with E-state index in [0.29, 0.717) is 5.02 Å². The highest BCUT2D eigenvalue weighted by atomic mass is 35.5. The van der Waals surface area contributed by atoms with Crippen LogP contribution in [-0.2, 0) is 5.54 Å². The zero-order chi connectivity index (χ0) is 11.8. The van der Waals surface area contributed by atoms with Crippen LogP contribution >= 0.6 is 11.6 Å². The molecule has 0 saturated heterocycles. The Morgan fingerprint density at radius 1 is 1.31 bits per heavy atom. The number of halogens is 1. The van der Waals surface area contributed by atoms with Gasteiger partial charge < -0.3 is 10.5 Å². The Morgan fingerprint density at radius 2 is 1.94 bits per heavy atom. The number of hydrogen-bond donors (Lipinski definition) is 1. The summed E-state index contributed by atoms with van der Waals surface area (Å²) in [7, 11) is 1.64. The monoisotopic (exact) mass is 239 g/mol. The maximum absolute atomic E-state index is 6.41. The van der Waals surface area contributed by atoms with Crippen molar-refractivity contribution in [3.8, 4) is 5.75 Å². The predicted molar refractivity (Wildman–Crippen MR) is 67.1 cm³/mol. The second kappa shape index (κ2) is 4.27. The minimum Gasteiger partial charge on any atom is -0.495 e. The van der Waals surface area contributed by atoms with Crippen molar-refractivity contribution in [3.05, 3.63) is 28.3 Å². The fourth-order valence-electron chi connectivity index (χ4n) is 2.57. The summed E-state index contributed by atoms with van der Waals surface area (Å²) in [4.78, 5) is 0. The summed E-state index contributed by atoms with van der Waals surface area (Å²) in [5, 5.41) is 0.661. The average Bonchev–Trinajstić information content (AvgIpc) is 2.66. The summed E-state index contributed by atoms with van der Waals surface area (Å²) < 4.78 is 5.25. The number of methoxy groups -OCH3 is 1. The second-order valence-electron chi connectivity index (χ2n) is 4.67. The summed E-state index contributed by atoms with van der Waals surface area (Å²) >= 11 is 6.19. The van der Waals surface area contributed by atoms with Crippen LogP contribution in [0.4, 0.5) is 0 Å². The molecule has 1 aliphatic carbocycles. The molecule has 0 radical (unpaired) electrons. The zero-order valence-electron chi connectivity index (χ0n) is 9.85. The molecule has 2 nitrogen and oxygen atoms in total. The van der Waals surface area contributed by atoms with E-state index in [-0.39, 0.29) is 5.54 Å². The number of benzene rings is 1. The molecule has 2 N–H and O–H groups in total. The van der Waals surface area contributed by atoms with Gasteiger partial charge in [0.15, 0.2) is 0 Å². The van der Waals surface area contributed by atoms with Crippen molar-refractivity contribution in [1.82, 2.24) is 0 Å². The van der Waals surface area contributed by atoms with Crippen molar-refractivity contribution in [3.63, 3.8) is 0 Å². The lowest BCUT2D eigenvalue weighted by Gasteiger charge is -2.25. The van der Waals surface area contributed by atoms with Crippen LogP contribution in [0.2, 0.25) is 5.02 Å². The van der Waals surface area contributed by atoms with Gasteiger partial charge in [0.05, 0.1) is 12.1 Å². The highest BCUT2D eigenvalue weighted by Gasteiger charge is 2.32. The standard InChI is InChI=1S/C13H18ClNO/c1-9-7-10(8-11(14)12(9)16-2)13(15)5-3-4-6-13/h7-8H,3-6,15H2,1-2H3. The molecule has 3 heteroatoms. The van der Waals surface area contributed by atoms with E-state index in [2.05, 4.69) is 6.07 Å². The molecule has 0 bridgehead atoms. The SMILES string of the molecule is COc1c(C)cc(C2(N)CCCC2)cc1Cl. The Balaban J connectivity index is 2.43. The van der Waals surface area contributed by atoms with E-state index in [1.54, 1.807) is 7.11 Å². The first-order valence-electron chi connectivity index (χ1n) is 5.70. The summed E-state index contributed by atoms with van der Waals surface area (Å²) in [5.74, 6) is 0.756. The summed E-state index contributed by atoms with van der Waals surface area (Å²) in [6.45, 7) is 2.01. The summed E-state index contributed by atoms with van der Waals surface area (Å²) in [6.07, 6.45) is 4.52. The molecule has 16 heavy (non-hydrogen) atoms. The van der Waals surface area contributed by atoms with Crippen LogP contribution in [0, 0.1) is 6.92 Å². The lowest BCUT2D eigenvalue weighted by Crippen LogP contribution is -2.33. The van der Waals surface area contributed by atoms with Gasteiger partial charge >= 0.3 is 0 Å². The third-order valence-electron chi connectivity index (χ3n) is 3.50. The van der Waals surface area contributed by atoms with Crippen LogP contribution in [-0.4, -0.2) is 7.11 Å². The molecule has 1 aromatic carbocycles. The van der Waals surface area contributed by atoms with Gasteiger partial charge in [-0.1, -0.05) is 30.5 Å². The van der Waals surface area contributed by atoms with E-state index in [1.165, 1.54) is 12.8 Å². The van der Waals surface area contributed by atoms with Gasteiger partial charge in [-0.25, -0.2) is 0 Å². The highest BCUT2D eigenvalue weighted by Crippen LogP contribution is 2.40. The Morgan fingerprint density at radius 3 is 2.44 bits per heavy atom. The molecule has 1 aromatic rings. The molecule has 1 saturated carbocycles. The summed E-state index contributed by atoms with van der Waals surface area (Å²) in [5.41, 5.74) is 8.43. The summed E-state index contributed by atoms with van der Waals surface area (Å²) in [6, 6.07) is 4.06. The first kappa shape index (κ1) is 11.7. The molecule has 0 aliphatic heterocycles. The van der Waals surface area contributed by atoms with Crippen LogP contribution in [0.25, 0.3) is 0 Å². The molecular formula is C13H18ClNO. The molecule has 1 aliphatic rings. The van der Waals surface area contributed by atoms with Crippen molar-refractivity contribution in [2.75, 3.05) is 7.11 Å². The maximum Gasteiger partial charge on any atom is 0.140 e. The fraction of sp³-hybridized carbons (Fsp3) is 0.538. The molecule has 0 atom stereocenters. The molecule has 0 unspecified atom stereocenters. The van der Waals surface area contributed by atoms with E-state index in [9.17, 15) is 0 Å². The Hall–Kier alpha value is -0.730. The Bertz CT molecular complexity index is 374. The van der Waals surface area contributed by atoms with Crippen molar-refractivity contribution >= 4 is 11.6 Å². The van der Waals surface area contributed by atoms with Crippen LogP contribution in [0.15, 0.2) is 12.1 Å². The topological polar surface area (TPSA) is 35.2 Å². The first-order chi connectivity index (χ1) is 7.57. The maximum atomic E-state index is 6.41. The van der Waals surface area contributed by atoms with Gasteiger partial charge in [-0.3, -0.25) is 0 Å². The normalized spacial score (nSPS) is 18.8. The quantitative estimate of drug-likeness (QED) is 0.859. The van der Waals surface area contributed by atoms with E-state index in [1.807, 2.05) is 13.0 Å².